The summed E-state index contributed by atoms with van der Waals surface area (Å²) in [4.78, 5) is 2.35. The first-order chi connectivity index (χ1) is 7.61. The van der Waals surface area contributed by atoms with E-state index in [4.69, 9.17) is 5.11 Å². The van der Waals surface area contributed by atoms with Gasteiger partial charge in [0, 0.05) is 32.3 Å². The Morgan fingerprint density at radius 1 is 1.44 bits per heavy atom. The Balaban J connectivity index is 3.83. The number of hydrogen-bond acceptors (Lipinski definition) is 3. The zero-order valence-corrected chi connectivity index (χ0v) is 11.1. The molecule has 0 aliphatic carbocycles. The molecule has 0 spiro atoms. The molecule has 0 saturated carbocycles. The van der Waals surface area contributed by atoms with E-state index in [9.17, 15) is 0 Å². The molecule has 0 saturated heterocycles. The van der Waals surface area contributed by atoms with Gasteiger partial charge in [0.2, 0.25) is 0 Å². The smallest absolute Gasteiger partial charge is 0.0443 e. The summed E-state index contributed by atoms with van der Waals surface area (Å²) >= 11 is 0. The first kappa shape index (κ1) is 15.6. The highest BCUT2D eigenvalue weighted by atomic mass is 16.3. The van der Waals surface area contributed by atoms with E-state index >= 15 is 0 Å². The van der Waals surface area contributed by atoms with Crippen molar-refractivity contribution in [3.63, 3.8) is 0 Å². The molecule has 0 fully saturated rings. The fourth-order valence-electron chi connectivity index (χ4n) is 1.58. The third kappa shape index (κ3) is 7.85. The minimum Gasteiger partial charge on any atom is -0.396 e. The van der Waals surface area contributed by atoms with Crippen LogP contribution in [0.15, 0.2) is 12.2 Å². The Hall–Kier alpha value is -0.380. The summed E-state index contributed by atoms with van der Waals surface area (Å²) in [5.41, 5.74) is 1.22. The lowest BCUT2D eigenvalue weighted by atomic mass is 10.2. The quantitative estimate of drug-likeness (QED) is 0.441. The van der Waals surface area contributed by atoms with Crippen molar-refractivity contribution in [2.45, 2.75) is 39.7 Å². The van der Waals surface area contributed by atoms with Gasteiger partial charge in [-0.1, -0.05) is 13.5 Å². The second-order valence-electron chi connectivity index (χ2n) is 4.57. The minimum absolute atomic E-state index is 0.268. The van der Waals surface area contributed by atoms with Gasteiger partial charge in [0.15, 0.2) is 0 Å². The average Bonchev–Trinajstić information content (AvgIpc) is 2.24. The van der Waals surface area contributed by atoms with E-state index in [-0.39, 0.29) is 6.61 Å². The summed E-state index contributed by atoms with van der Waals surface area (Å²) in [6, 6.07) is 0.509. The lowest BCUT2D eigenvalue weighted by Crippen LogP contribution is -2.35. The zero-order chi connectivity index (χ0) is 12.4. The predicted molar refractivity (Wildman–Crippen MR) is 70.7 cm³/mol. The van der Waals surface area contributed by atoms with Crippen LogP contribution in [0.25, 0.3) is 0 Å². The topological polar surface area (TPSA) is 35.5 Å². The molecule has 0 rings (SSSR count). The molecular formula is C13H28N2O. The normalized spacial score (nSPS) is 11.4. The van der Waals surface area contributed by atoms with Crippen molar-refractivity contribution in [2.24, 2.45) is 0 Å². The van der Waals surface area contributed by atoms with Crippen LogP contribution in [0.3, 0.4) is 0 Å². The van der Waals surface area contributed by atoms with Crippen LogP contribution in [0.5, 0.6) is 0 Å². The van der Waals surface area contributed by atoms with E-state index in [0.29, 0.717) is 6.04 Å². The van der Waals surface area contributed by atoms with Gasteiger partial charge in [-0.05, 0) is 38.8 Å². The predicted octanol–water partition coefficient (Wildman–Crippen LogP) is 1.63. The Kier molecular flexibility index (Phi) is 9.59. The van der Waals surface area contributed by atoms with Gasteiger partial charge in [0.25, 0.3) is 0 Å². The molecule has 3 heteroatoms. The van der Waals surface area contributed by atoms with Crippen LogP contribution in [-0.4, -0.2) is 48.8 Å². The van der Waals surface area contributed by atoms with Crippen molar-refractivity contribution in [1.82, 2.24) is 10.2 Å². The van der Waals surface area contributed by atoms with Crippen molar-refractivity contribution in [2.75, 3.05) is 32.8 Å². The van der Waals surface area contributed by atoms with E-state index in [1.165, 1.54) is 5.57 Å². The summed E-state index contributed by atoms with van der Waals surface area (Å²) in [5, 5.41) is 12.2. The molecule has 0 amide bonds. The molecule has 0 aromatic rings. The highest BCUT2D eigenvalue weighted by Gasteiger charge is 2.09. The summed E-state index contributed by atoms with van der Waals surface area (Å²) in [5.74, 6) is 0. The maximum absolute atomic E-state index is 8.84. The number of nitrogens with zero attached hydrogens (tertiary/aromatic N) is 1. The molecule has 0 aliphatic rings. The van der Waals surface area contributed by atoms with Crippen molar-refractivity contribution in [3.05, 3.63) is 12.2 Å². The van der Waals surface area contributed by atoms with Gasteiger partial charge < -0.3 is 10.4 Å². The van der Waals surface area contributed by atoms with Crippen LogP contribution < -0.4 is 5.32 Å². The van der Waals surface area contributed by atoms with E-state index in [1.807, 2.05) is 0 Å². The highest BCUT2D eigenvalue weighted by molar-refractivity contribution is 5.00. The Labute approximate surface area is 101 Å². The molecule has 0 bridgehead atoms. The van der Waals surface area contributed by atoms with Gasteiger partial charge in [-0.15, -0.1) is 0 Å². The van der Waals surface area contributed by atoms with Crippen LogP contribution in [0.2, 0.25) is 0 Å². The zero-order valence-electron chi connectivity index (χ0n) is 11.1. The first-order valence-electron chi connectivity index (χ1n) is 6.34. The van der Waals surface area contributed by atoms with Crippen LogP contribution in [-0.2, 0) is 0 Å². The second-order valence-corrected chi connectivity index (χ2v) is 4.57. The van der Waals surface area contributed by atoms with Gasteiger partial charge in [-0.25, -0.2) is 0 Å². The standard InChI is InChI=1S/C13H28N2O/c1-5-7-14-10-13(4)11-15(12(2)3)8-6-9-16/h12,14,16H,4-11H2,1-3H3. The molecule has 0 aromatic heterocycles. The van der Waals surface area contributed by atoms with E-state index in [2.05, 4.69) is 37.6 Å². The number of hydrogen-bond donors (Lipinski definition) is 2. The van der Waals surface area contributed by atoms with Crippen molar-refractivity contribution < 1.29 is 5.11 Å². The number of rotatable bonds is 10. The van der Waals surface area contributed by atoms with Gasteiger partial charge in [0.05, 0.1) is 0 Å². The van der Waals surface area contributed by atoms with E-state index in [1.54, 1.807) is 0 Å². The summed E-state index contributed by atoms with van der Waals surface area (Å²) in [7, 11) is 0. The van der Waals surface area contributed by atoms with Gasteiger partial charge in [-0.3, -0.25) is 4.90 Å². The minimum atomic E-state index is 0.268. The Morgan fingerprint density at radius 3 is 2.62 bits per heavy atom. The molecule has 0 aliphatic heterocycles. The third-order valence-corrected chi connectivity index (χ3v) is 2.56. The Bertz CT molecular complexity index is 181. The van der Waals surface area contributed by atoms with Gasteiger partial charge in [-0.2, -0.15) is 0 Å². The molecule has 0 radical (unpaired) electrons. The van der Waals surface area contributed by atoms with E-state index < -0.39 is 0 Å². The highest BCUT2D eigenvalue weighted by Crippen LogP contribution is 2.03. The van der Waals surface area contributed by atoms with Crippen molar-refractivity contribution in [3.8, 4) is 0 Å². The monoisotopic (exact) mass is 228 g/mol. The SMILES string of the molecule is C=C(CNCCC)CN(CCCO)C(C)C. The number of nitrogens with one attached hydrogen (secondary N) is 1. The molecule has 2 N–H and O–H groups in total. The second kappa shape index (κ2) is 9.82. The van der Waals surface area contributed by atoms with E-state index in [0.717, 1.165) is 39.0 Å². The van der Waals surface area contributed by atoms with Crippen molar-refractivity contribution >= 4 is 0 Å². The van der Waals surface area contributed by atoms with Crippen LogP contribution in [0.4, 0.5) is 0 Å². The van der Waals surface area contributed by atoms with Crippen LogP contribution in [0, 0.1) is 0 Å². The third-order valence-electron chi connectivity index (χ3n) is 2.56. The number of aliphatic hydroxyl groups excluding tert-OH is 1. The Morgan fingerprint density at radius 2 is 2.12 bits per heavy atom. The molecule has 0 aromatic carbocycles. The average molecular weight is 228 g/mol. The maximum atomic E-state index is 8.84. The molecular weight excluding hydrogens is 200 g/mol. The summed E-state index contributed by atoms with van der Waals surface area (Å²) < 4.78 is 0. The first-order valence-corrected chi connectivity index (χ1v) is 6.34. The molecule has 16 heavy (non-hydrogen) atoms. The lowest BCUT2D eigenvalue weighted by Gasteiger charge is -2.27. The van der Waals surface area contributed by atoms with Crippen LogP contribution in [0.1, 0.15) is 33.6 Å². The summed E-state index contributed by atoms with van der Waals surface area (Å²) in [6.07, 6.45) is 2.00. The summed E-state index contributed by atoms with van der Waals surface area (Å²) in [6.45, 7) is 14.7. The molecule has 96 valence electrons. The molecule has 0 atom stereocenters. The fourth-order valence-corrected chi connectivity index (χ4v) is 1.58. The number of aliphatic hydroxyl groups is 1. The molecule has 0 unspecified atom stereocenters. The largest absolute Gasteiger partial charge is 0.396 e. The van der Waals surface area contributed by atoms with Crippen molar-refractivity contribution in [1.29, 1.82) is 0 Å². The molecule has 3 nitrogen and oxygen atoms in total. The van der Waals surface area contributed by atoms with Crippen LogP contribution >= 0.6 is 0 Å². The van der Waals surface area contributed by atoms with Gasteiger partial charge in [0.1, 0.15) is 0 Å². The molecule has 0 heterocycles. The fraction of sp³-hybridized carbons (Fsp3) is 0.846. The maximum Gasteiger partial charge on any atom is 0.0443 e. The lowest BCUT2D eigenvalue weighted by molar-refractivity contribution is 0.203. The van der Waals surface area contributed by atoms with Gasteiger partial charge >= 0.3 is 0 Å².